The number of aliphatic imine (C=N–C) groups is 1. The van der Waals surface area contributed by atoms with Crippen molar-refractivity contribution in [2.45, 2.75) is 19.2 Å². The Morgan fingerprint density at radius 1 is 0.867 bits per heavy atom. The molecule has 3 aromatic rings. The van der Waals surface area contributed by atoms with Gasteiger partial charge in [-0.2, -0.15) is 0 Å². The number of benzene rings is 3. The largest absolute Gasteiger partial charge is 0.437 e. The zero-order valence-electron chi connectivity index (χ0n) is 16.4. The monoisotopic (exact) mass is 396 g/mol. The standard InChI is InChI=1S/C25H20N2O3/c1-16-21(17-10-4-2-5-11-17)26-22-19-14-8-9-15-20(19)23(28)27(22)24(16)30-25(29)18-12-6-3-7-13-18/h2-16,21,24H,1H3/t16-,21+,24-/m1/s1. The summed E-state index contributed by atoms with van der Waals surface area (Å²) in [7, 11) is 0. The van der Waals surface area contributed by atoms with Gasteiger partial charge in [-0.25, -0.2) is 4.79 Å². The van der Waals surface area contributed by atoms with Crippen molar-refractivity contribution in [1.82, 2.24) is 4.90 Å². The summed E-state index contributed by atoms with van der Waals surface area (Å²) in [6.45, 7) is 1.97. The number of amidine groups is 1. The Labute approximate surface area is 174 Å². The van der Waals surface area contributed by atoms with E-state index in [1.54, 1.807) is 30.3 Å². The molecule has 2 heterocycles. The van der Waals surface area contributed by atoms with Crippen molar-refractivity contribution in [3.05, 3.63) is 107 Å². The Kier molecular flexibility index (Phi) is 4.43. The summed E-state index contributed by atoms with van der Waals surface area (Å²) >= 11 is 0. The maximum absolute atomic E-state index is 13.2. The second-order valence-electron chi connectivity index (χ2n) is 7.55. The molecular weight excluding hydrogens is 376 g/mol. The Balaban J connectivity index is 1.59. The molecule has 2 aliphatic rings. The van der Waals surface area contributed by atoms with E-state index in [0.717, 1.165) is 11.1 Å². The molecule has 0 spiro atoms. The van der Waals surface area contributed by atoms with E-state index in [0.29, 0.717) is 17.0 Å². The molecule has 5 heteroatoms. The van der Waals surface area contributed by atoms with Crippen molar-refractivity contribution in [3.8, 4) is 0 Å². The van der Waals surface area contributed by atoms with Crippen LogP contribution in [0, 0.1) is 5.92 Å². The van der Waals surface area contributed by atoms with Crippen LogP contribution in [-0.2, 0) is 4.74 Å². The highest BCUT2D eigenvalue weighted by Crippen LogP contribution is 2.40. The summed E-state index contributed by atoms with van der Waals surface area (Å²) in [5, 5.41) is 0. The highest BCUT2D eigenvalue weighted by atomic mass is 16.6. The predicted octanol–water partition coefficient (Wildman–Crippen LogP) is 4.46. The van der Waals surface area contributed by atoms with Crippen LogP contribution < -0.4 is 0 Å². The molecule has 0 bridgehead atoms. The van der Waals surface area contributed by atoms with Crippen LogP contribution in [0.25, 0.3) is 0 Å². The second kappa shape index (κ2) is 7.26. The number of carbonyl (C=O) groups is 2. The molecule has 0 radical (unpaired) electrons. The van der Waals surface area contributed by atoms with E-state index in [1.807, 2.05) is 61.5 Å². The van der Waals surface area contributed by atoms with Crippen LogP contribution >= 0.6 is 0 Å². The number of nitrogens with zero attached hydrogens (tertiary/aromatic N) is 2. The number of amides is 1. The number of hydrogen-bond acceptors (Lipinski definition) is 4. The molecule has 30 heavy (non-hydrogen) atoms. The molecule has 3 atom stereocenters. The second-order valence-corrected chi connectivity index (χ2v) is 7.55. The molecule has 0 aromatic heterocycles. The lowest BCUT2D eigenvalue weighted by Crippen LogP contribution is -2.51. The normalized spacial score (nSPS) is 22.2. The first-order chi connectivity index (χ1) is 14.6. The predicted molar refractivity (Wildman–Crippen MR) is 113 cm³/mol. The van der Waals surface area contributed by atoms with Crippen LogP contribution in [-0.4, -0.2) is 28.8 Å². The van der Waals surface area contributed by atoms with Crippen LogP contribution in [0.5, 0.6) is 0 Å². The quantitative estimate of drug-likeness (QED) is 0.614. The van der Waals surface area contributed by atoms with Gasteiger partial charge in [0.05, 0.1) is 17.2 Å². The number of carbonyl (C=O) groups excluding carboxylic acids is 2. The van der Waals surface area contributed by atoms with Gasteiger partial charge in [-0.1, -0.05) is 73.7 Å². The van der Waals surface area contributed by atoms with E-state index in [2.05, 4.69) is 0 Å². The van der Waals surface area contributed by atoms with Crippen molar-refractivity contribution in [2.75, 3.05) is 0 Å². The third kappa shape index (κ3) is 2.90. The lowest BCUT2D eigenvalue weighted by molar-refractivity contribution is -0.0336. The molecule has 0 fully saturated rings. The van der Waals surface area contributed by atoms with Gasteiger partial charge < -0.3 is 4.74 Å². The first kappa shape index (κ1) is 18.3. The van der Waals surface area contributed by atoms with Gasteiger partial charge in [0.15, 0.2) is 6.23 Å². The fourth-order valence-electron chi connectivity index (χ4n) is 4.17. The van der Waals surface area contributed by atoms with Crippen LogP contribution in [0.4, 0.5) is 0 Å². The van der Waals surface area contributed by atoms with Gasteiger partial charge in [-0.3, -0.25) is 14.7 Å². The summed E-state index contributed by atoms with van der Waals surface area (Å²) in [5.74, 6) is -0.298. The molecule has 148 valence electrons. The van der Waals surface area contributed by atoms with Gasteiger partial charge in [0.1, 0.15) is 5.84 Å². The van der Waals surface area contributed by atoms with Gasteiger partial charge in [-0.15, -0.1) is 0 Å². The van der Waals surface area contributed by atoms with E-state index in [4.69, 9.17) is 9.73 Å². The zero-order chi connectivity index (χ0) is 20.7. The highest BCUT2D eigenvalue weighted by Gasteiger charge is 2.48. The maximum Gasteiger partial charge on any atom is 0.340 e. The highest BCUT2D eigenvalue weighted by molar-refractivity contribution is 6.23. The van der Waals surface area contributed by atoms with E-state index in [-0.39, 0.29) is 17.9 Å². The van der Waals surface area contributed by atoms with Crippen molar-refractivity contribution in [2.24, 2.45) is 10.9 Å². The molecular formula is C25H20N2O3. The third-order valence-corrected chi connectivity index (χ3v) is 5.69. The summed E-state index contributed by atoms with van der Waals surface area (Å²) in [4.78, 5) is 32.6. The average molecular weight is 396 g/mol. The number of rotatable bonds is 3. The summed E-state index contributed by atoms with van der Waals surface area (Å²) in [5.41, 5.74) is 2.83. The minimum atomic E-state index is -0.754. The minimum Gasteiger partial charge on any atom is -0.437 e. The smallest absolute Gasteiger partial charge is 0.340 e. The first-order valence-corrected chi connectivity index (χ1v) is 9.97. The molecule has 1 amide bonds. The summed E-state index contributed by atoms with van der Waals surface area (Å²) in [6, 6.07) is 25.9. The first-order valence-electron chi connectivity index (χ1n) is 9.97. The fraction of sp³-hybridized carbons (Fsp3) is 0.160. The average Bonchev–Trinajstić information content (AvgIpc) is 3.08. The van der Waals surface area contributed by atoms with Crippen molar-refractivity contribution >= 4 is 17.7 Å². The van der Waals surface area contributed by atoms with Crippen molar-refractivity contribution < 1.29 is 14.3 Å². The molecule has 0 N–H and O–H groups in total. The number of fused-ring (bicyclic) bond motifs is 3. The Bertz CT molecular complexity index is 1140. The van der Waals surface area contributed by atoms with E-state index in [1.165, 1.54) is 4.90 Å². The molecule has 5 nitrogen and oxygen atoms in total. The topological polar surface area (TPSA) is 59.0 Å². The van der Waals surface area contributed by atoms with Crippen molar-refractivity contribution in [3.63, 3.8) is 0 Å². The molecule has 5 rings (SSSR count). The van der Waals surface area contributed by atoms with Crippen LogP contribution in [0.3, 0.4) is 0 Å². The van der Waals surface area contributed by atoms with Gasteiger partial charge in [0.2, 0.25) is 0 Å². The minimum absolute atomic E-state index is 0.187. The van der Waals surface area contributed by atoms with E-state index >= 15 is 0 Å². The molecule has 3 aromatic carbocycles. The van der Waals surface area contributed by atoms with Crippen LogP contribution in [0.2, 0.25) is 0 Å². The number of ether oxygens (including phenoxy) is 1. The van der Waals surface area contributed by atoms with Crippen LogP contribution in [0.1, 0.15) is 44.8 Å². The Morgan fingerprint density at radius 2 is 1.47 bits per heavy atom. The molecule has 0 unspecified atom stereocenters. The Hall–Kier alpha value is -3.73. The van der Waals surface area contributed by atoms with Gasteiger partial charge in [-0.05, 0) is 23.8 Å². The zero-order valence-corrected chi connectivity index (χ0v) is 16.4. The third-order valence-electron chi connectivity index (χ3n) is 5.69. The van der Waals surface area contributed by atoms with Gasteiger partial charge in [0.25, 0.3) is 5.91 Å². The molecule has 0 saturated carbocycles. The van der Waals surface area contributed by atoms with E-state index < -0.39 is 12.2 Å². The number of esters is 1. The van der Waals surface area contributed by atoms with Crippen molar-refractivity contribution in [1.29, 1.82) is 0 Å². The fourth-order valence-corrected chi connectivity index (χ4v) is 4.17. The van der Waals surface area contributed by atoms with E-state index in [9.17, 15) is 9.59 Å². The lowest BCUT2D eigenvalue weighted by Gasteiger charge is -2.39. The van der Waals surface area contributed by atoms with Gasteiger partial charge in [0, 0.05) is 11.5 Å². The van der Waals surface area contributed by atoms with Crippen LogP contribution in [0.15, 0.2) is 89.9 Å². The number of hydrogen-bond donors (Lipinski definition) is 0. The summed E-state index contributed by atoms with van der Waals surface area (Å²) in [6.07, 6.45) is -0.754. The Morgan fingerprint density at radius 3 is 2.17 bits per heavy atom. The lowest BCUT2D eigenvalue weighted by atomic mass is 9.91. The molecule has 0 aliphatic carbocycles. The molecule has 0 saturated heterocycles. The maximum atomic E-state index is 13.2. The van der Waals surface area contributed by atoms with Gasteiger partial charge >= 0.3 is 5.97 Å². The molecule has 2 aliphatic heterocycles. The summed E-state index contributed by atoms with van der Waals surface area (Å²) < 4.78 is 5.94. The SMILES string of the molecule is C[C@@H]1[C@@H](c2ccccc2)N=C2c3ccccc3C(=O)N2[C@@H]1OC(=O)c1ccccc1.